The Balaban J connectivity index is 1.50. The molecule has 4 heterocycles. The number of amides is 2. The van der Waals surface area contributed by atoms with E-state index in [4.69, 9.17) is 11.6 Å². The second-order valence-electron chi connectivity index (χ2n) is 6.87. The van der Waals surface area contributed by atoms with E-state index in [1.165, 1.54) is 44.4 Å². The number of rotatable bonds is 6. The van der Waals surface area contributed by atoms with Crippen molar-refractivity contribution in [2.45, 2.75) is 29.6 Å². The largest absolute Gasteiger partial charge is 0.477 e. The summed E-state index contributed by atoms with van der Waals surface area (Å²) in [5.41, 5.74) is 1.27. The summed E-state index contributed by atoms with van der Waals surface area (Å²) >= 11 is 10.4. The van der Waals surface area contributed by atoms with Crippen LogP contribution in [-0.2, 0) is 16.6 Å². The first-order valence-electron chi connectivity index (χ1n) is 9.02. The highest BCUT2D eigenvalue weighted by Crippen LogP contribution is 2.42. The number of fused-ring (bicyclic) bond motifs is 1. The Morgan fingerprint density at radius 3 is 2.68 bits per heavy atom. The van der Waals surface area contributed by atoms with Gasteiger partial charge in [-0.05, 0) is 19.4 Å². The maximum atomic E-state index is 12.8. The predicted octanol–water partition coefficient (Wildman–Crippen LogP) is 1.69. The fraction of sp³-hybridized carbons (Fsp3) is 0.412. The molecule has 10 nitrogen and oxygen atoms in total. The van der Waals surface area contributed by atoms with Crippen LogP contribution in [0.3, 0.4) is 0 Å². The zero-order valence-electron chi connectivity index (χ0n) is 16.6. The monoisotopic (exact) mass is 500 g/mol. The third-order valence-corrected chi connectivity index (χ3v) is 8.63. The molecule has 0 saturated carbocycles. The van der Waals surface area contributed by atoms with Crippen LogP contribution >= 0.6 is 46.5 Å². The summed E-state index contributed by atoms with van der Waals surface area (Å²) in [6, 6.07) is -0.835. The highest BCUT2D eigenvalue weighted by atomic mass is 35.5. The van der Waals surface area contributed by atoms with Crippen LogP contribution in [0.2, 0.25) is 5.02 Å². The average molecular weight is 501 g/mol. The molecule has 31 heavy (non-hydrogen) atoms. The number of hydrogen-bond donors (Lipinski definition) is 2. The van der Waals surface area contributed by atoms with Gasteiger partial charge in [0.25, 0.3) is 11.8 Å². The lowest BCUT2D eigenvalue weighted by Crippen LogP contribution is -2.70. The number of nitrogens with one attached hydrogen (secondary N) is 1. The molecule has 0 spiro atoms. The molecule has 2 aromatic heterocycles. The van der Waals surface area contributed by atoms with E-state index in [0.717, 1.165) is 9.35 Å². The molecule has 2 amide bonds. The standard InChI is InChI=1S/C17H17ClN6O4S3/c1-6-9(18)12(23(3)22-6)13(25)19-10-14(26)24-11(16(27)28)8(4-29-15(10)24)5-30-17-21-20-7(2)31-17/h10,15H,4-5H2,1-3H3,(H,19,25)(H,27,28). The van der Waals surface area contributed by atoms with Gasteiger partial charge in [0.05, 0.1) is 10.7 Å². The van der Waals surface area contributed by atoms with Gasteiger partial charge in [0.15, 0.2) is 4.34 Å². The molecule has 2 aliphatic rings. The number of aryl methyl sites for hydroxylation is 3. The van der Waals surface area contributed by atoms with Gasteiger partial charge in [-0.1, -0.05) is 34.7 Å². The Kier molecular flexibility index (Phi) is 6.03. The van der Waals surface area contributed by atoms with Crippen LogP contribution in [0.4, 0.5) is 0 Å². The van der Waals surface area contributed by atoms with Crippen molar-refractivity contribution in [3.05, 3.63) is 32.7 Å². The Labute approximate surface area is 194 Å². The van der Waals surface area contributed by atoms with Crippen LogP contribution in [0.5, 0.6) is 0 Å². The van der Waals surface area contributed by atoms with Crippen molar-refractivity contribution in [2.75, 3.05) is 11.5 Å². The number of carbonyl (C=O) groups is 3. The number of carboxylic acids is 1. The number of nitrogens with zero attached hydrogens (tertiary/aromatic N) is 5. The van der Waals surface area contributed by atoms with E-state index < -0.39 is 29.2 Å². The van der Waals surface area contributed by atoms with Crippen LogP contribution in [0.1, 0.15) is 21.2 Å². The normalized spacial score (nSPS) is 20.5. The number of carboxylic acid groups (broad SMARTS) is 1. The van der Waals surface area contributed by atoms with Crippen molar-refractivity contribution < 1.29 is 19.5 Å². The first-order valence-corrected chi connectivity index (χ1v) is 12.2. The van der Waals surface area contributed by atoms with Crippen molar-refractivity contribution >= 4 is 64.2 Å². The van der Waals surface area contributed by atoms with E-state index in [9.17, 15) is 19.5 Å². The van der Waals surface area contributed by atoms with Crippen molar-refractivity contribution in [1.29, 1.82) is 0 Å². The Bertz CT molecular complexity index is 1130. The quantitative estimate of drug-likeness (QED) is 0.449. The Hall–Kier alpha value is -2.09. The smallest absolute Gasteiger partial charge is 0.352 e. The zero-order chi connectivity index (χ0) is 22.4. The van der Waals surface area contributed by atoms with Gasteiger partial charge >= 0.3 is 5.97 Å². The van der Waals surface area contributed by atoms with E-state index in [-0.39, 0.29) is 16.4 Å². The van der Waals surface area contributed by atoms with Gasteiger partial charge in [-0.3, -0.25) is 19.2 Å². The molecule has 0 aliphatic carbocycles. The van der Waals surface area contributed by atoms with Gasteiger partial charge in [-0.2, -0.15) is 5.10 Å². The minimum Gasteiger partial charge on any atom is -0.477 e. The summed E-state index contributed by atoms with van der Waals surface area (Å²) in [7, 11) is 1.59. The zero-order valence-corrected chi connectivity index (χ0v) is 19.8. The van der Waals surface area contributed by atoms with Crippen LogP contribution in [0, 0.1) is 13.8 Å². The molecule has 2 atom stereocenters. The van der Waals surface area contributed by atoms with Gasteiger partial charge in [-0.15, -0.1) is 22.0 Å². The predicted molar refractivity (Wildman–Crippen MR) is 117 cm³/mol. The topological polar surface area (TPSA) is 130 Å². The van der Waals surface area contributed by atoms with Crippen molar-refractivity contribution in [2.24, 2.45) is 7.05 Å². The molecular weight excluding hydrogens is 484 g/mol. The Morgan fingerprint density at radius 2 is 2.10 bits per heavy atom. The lowest BCUT2D eigenvalue weighted by atomic mass is 10.0. The maximum Gasteiger partial charge on any atom is 0.352 e. The van der Waals surface area contributed by atoms with Crippen molar-refractivity contribution in [3.63, 3.8) is 0 Å². The molecule has 2 N–H and O–H groups in total. The fourth-order valence-corrected chi connectivity index (χ4v) is 6.91. The highest BCUT2D eigenvalue weighted by Gasteiger charge is 2.54. The molecule has 0 radical (unpaired) electrons. The van der Waals surface area contributed by atoms with E-state index in [2.05, 4.69) is 20.6 Å². The van der Waals surface area contributed by atoms with E-state index >= 15 is 0 Å². The molecule has 1 saturated heterocycles. The number of carbonyl (C=O) groups excluding carboxylic acids is 2. The molecule has 14 heteroatoms. The number of halogens is 1. The van der Waals surface area contributed by atoms with Gasteiger partial charge < -0.3 is 10.4 Å². The molecule has 0 aromatic carbocycles. The lowest BCUT2D eigenvalue weighted by Gasteiger charge is -2.49. The molecule has 4 rings (SSSR count). The Morgan fingerprint density at radius 1 is 1.35 bits per heavy atom. The third kappa shape index (κ3) is 3.95. The first-order chi connectivity index (χ1) is 14.7. The molecule has 2 aromatic rings. The molecule has 2 unspecified atom stereocenters. The van der Waals surface area contributed by atoms with Crippen molar-refractivity contribution in [1.82, 2.24) is 30.2 Å². The number of aromatic nitrogens is 4. The molecule has 2 aliphatic heterocycles. The van der Waals surface area contributed by atoms with Gasteiger partial charge in [-0.25, -0.2) is 4.79 Å². The van der Waals surface area contributed by atoms with Crippen molar-refractivity contribution in [3.8, 4) is 0 Å². The maximum absolute atomic E-state index is 12.8. The molecule has 0 bridgehead atoms. The summed E-state index contributed by atoms with van der Waals surface area (Å²) in [5, 5.41) is 25.1. The number of aliphatic carboxylic acids is 1. The first kappa shape index (κ1) is 22.1. The van der Waals surface area contributed by atoms with E-state index in [1.54, 1.807) is 14.0 Å². The van der Waals surface area contributed by atoms with Crippen LogP contribution in [0.25, 0.3) is 0 Å². The summed E-state index contributed by atoms with van der Waals surface area (Å²) in [5.74, 6) is -1.34. The lowest BCUT2D eigenvalue weighted by molar-refractivity contribution is -0.148. The van der Waals surface area contributed by atoms with E-state index in [0.29, 0.717) is 22.8 Å². The third-order valence-electron chi connectivity index (χ3n) is 4.78. The summed E-state index contributed by atoms with van der Waals surface area (Å²) in [6.07, 6.45) is 0. The highest BCUT2D eigenvalue weighted by molar-refractivity contribution is 8.01. The molecular formula is C17H17ClN6O4S3. The number of β-lactam (4-membered cyclic amide) rings is 1. The summed E-state index contributed by atoms with van der Waals surface area (Å²) in [6.45, 7) is 3.52. The number of hydrogen-bond acceptors (Lipinski definition) is 9. The summed E-state index contributed by atoms with van der Waals surface area (Å²) in [4.78, 5) is 38.7. The van der Waals surface area contributed by atoms with Crippen LogP contribution in [0.15, 0.2) is 15.6 Å². The van der Waals surface area contributed by atoms with E-state index in [1.807, 2.05) is 6.92 Å². The second-order valence-corrected chi connectivity index (χ2v) is 10.8. The van der Waals surface area contributed by atoms with Gasteiger partial charge in [0.2, 0.25) is 0 Å². The average Bonchev–Trinajstić information content (AvgIpc) is 3.25. The van der Waals surface area contributed by atoms with Crippen LogP contribution in [-0.4, -0.2) is 70.7 Å². The second kappa shape index (κ2) is 8.45. The van der Waals surface area contributed by atoms with Crippen LogP contribution < -0.4 is 5.32 Å². The number of thioether (sulfide) groups is 2. The molecule has 1 fully saturated rings. The molecule has 164 valence electrons. The SMILES string of the molecule is Cc1nnc(SCC2=C(C(=O)O)N3C(=O)C(NC(=O)c4c(Cl)c(C)nn4C)C3SC2)s1. The fourth-order valence-electron chi connectivity index (χ4n) is 3.37. The minimum atomic E-state index is -1.17. The van der Waals surface area contributed by atoms with Gasteiger partial charge in [0.1, 0.15) is 27.8 Å². The van der Waals surface area contributed by atoms with Gasteiger partial charge in [0, 0.05) is 18.6 Å². The minimum absolute atomic E-state index is 0.0256. The summed E-state index contributed by atoms with van der Waals surface area (Å²) < 4.78 is 2.10.